The second-order valence-electron chi connectivity index (χ2n) is 9.23. The van der Waals surface area contributed by atoms with Gasteiger partial charge < -0.3 is 10.0 Å². The van der Waals surface area contributed by atoms with Crippen molar-refractivity contribution in [1.29, 1.82) is 0 Å². The molecule has 3 heteroatoms. The van der Waals surface area contributed by atoms with E-state index >= 15 is 0 Å². The minimum absolute atomic E-state index is 0. The maximum absolute atomic E-state index is 11.1. The summed E-state index contributed by atoms with van der Waals surface area (Å²) in [5.74, 6) is 0.369. The molecule has 0 unspecified atom stereocenters. The summed E-state index contributed by atoms with van der Waals surface area (Å²) in [6, 6.07) is 17.6. The van der Waals surface area contributed by atoms with E-state index in [0.29, 0.717) is 5.92 Å². The predicted octanol–water partition coefficient (Wildman–Crippen LogP) is 5.60. The van der Waals surface area contributed by atoms with Crippen LogP contribution in [-0.2, 0) is 0 Å². The van der Waals surface area contributed by atoms with Crippen molar-refractivity contribution >= 4 is 24.6 Å². The molecule has 2 aromatic rings. The third-order valence-electron chi connectivity index (χ3n) is 6.71. The fraction of sp³-hybridized carbons (Fsp3) is 0.440. The first-order valence-electron chi connectivity index (χ1n) is 10.2. The third kappa shape index (κ3) is 3.91. The molecule has 0 aromatic heterocycles. The van der Waals surface area contributed by atoms with Gasteiger partial charge in [-0.15, -0.1) is 12.4 Å². The van der Waals surface area contributed by atoms with Crippen molar-refractivity contribution in [1.82, 2.24) is 4.90 Å². The SMILES string of the molecule is CC(C)(C)C1(O)CCN(CC2c3ccccc3C=Cc3ccccc32)CC1.Cl. The van der Waals surface area contributed by atoms with E-state index in [-0.39, 0.29) is 17.8 Å². The first kappa shape index (κ1) is 21.1. The normalized spacial score (nSPS) is 19.3. The van der Waals surface area contributed by atoms with Crippen LogP contribution in [0.4, 0.5) is 0 Å². The topological polar surface area (TPSA) is 23.5 Å². The minimum Gasteiger partial charge on any atom is -0.389 e. The Kier molecular flexibility index (Phi) is 6.05. The molecule has 1 aliphatic heterocycles. The Bertz CT molecular complexity index is 794. The zero-order chi connectivity index (χ0) is 19.1. The molecule has 0 saturated carbocycles. The number of aliphatic hydroxyl groups is 1. The predicted molar refractivity (Wildman–Crippen MR) is 121 cm³/mol. The average Bonchev–Trinajstić information content (AvgIpc) is 2.81. The molecule has 1 saturated heterocycles. The molecule has 28 heavy (non-hydrogen) atoms. The number of halogens is 1. The van der Waals surface area contributed by atoms with Crippen LogP contribution in [0, 0.1) is 5.41 Å². The van der Waals surface area contributed by atoms with E-state index in [2.05, 4.69) is 86.4 Å². The quantitative estimate of drug-likeness (QED) is 0.713. The van der Waals surface area contributed by atoms with Gasteiger partial charge in [0.1, 0.15) is 0 Å². The lowest BCUT2D eigenvalue weighted by molar-refractivity contribution is -0.0990. The Morgan fingerprint density at radius 3 is 1.82 bits per heavy atom. The fourth-order valence-corrected chi connectivity index (χ4v) is 4.62. The highest BCUT2D eigenvalue weighted by Crippen LogP contribution is 2.40. The lowest BCUT2D eigenvalue weighted by Gasteiger charge is -2.46. The van der Waals surface area contributed by atoms with E-state index in [0.717, 1.165) is 32.5 Å². The fourth-order valence-electron chi connectivity index (χ4n) is 4.62. The standard InChI is InChI=1S/C25H31NO.ClH/c1-24(2,3)25(27)14-16-26(17-15-25)18-23-21-10-6-4-8-19(21)12-13-20-9-5-7-11-22(20)23;/h4-13,23,27H,14-18H2,1-3H3;1H. The molecular formula is C25H32ClNO. The number of benzene rings is 2. The molecule has 0 amide bonds. The van der Waals surface area contributed by atoms with Gasteiger partial charge >= 0.3 is 0 Å². The second kappa shape index (κ2) is 8.02. The maximum atomic E-state index is 11.1. The van der Waals surface area contributed by atoms with Crippen LogP contribution in [0.3, 0.4) is 0 Å². The average molecular weight is 398 g/mol. The minimum atomic E-state index is -0.551. The monoisotopic (exact) mass is 397 g/mol. The molecule has 2 aliphatic rings. The zero-order valence-electron chi connectivity index (χ0n) is 17.2. The van der Waals surface area contributed by atoms with Crippen LogP contribution in [0.2, 0.25) is 0 Å². The summed E-state index contributed by atoms with van der Waals surface area (Å²) in [5.41, 5.74) is 4.85. The van der Waals surface area contributed by atoms with Crippen molar-refractivity contribution in [2.45, 2.75) is 45.1 Å². The number of fused-ring (bicyclic) bond motifs is 2. The summed E-state index contributed by atoms with van der Waals surface area (Å²) in [7, 11) is 0. The highest BCUT2D eigenvalue weighted by Gasteiger charge is 2.42. The van der Waals surface area contributed by atoms with E-state index in [1.54, 1.807) is 0 Å². The Balaban J connectivity index is 0.00000225. The summed E-state index contributed by atoms with van der Waals surface area (Å²) in [6.45, 7) is 9.41. The molecular weight excluding hydrogens is 366 g/mol. The molecule has 4 rings (SSSR count). The molecule has 1 N–H and O–H groups in total. The van der Waals surface area contributed by atoms with Crippen LogP contribution < -0.4 is 0 Å². The lowest BCUT2D eigenvalue weighted by atomic mass is 9.71. The summed E-state index contributed by atoms with van der Waals surface area (Å²) < 4.78 is 0. The summed E-state index contributed by atoms with van der Waals surface area (Å²) in [4.78, 5) is 2.55. The number of rotatable bonds is 2. The van der Waals surface area contributed by atoms with Crippen molar-refractivity contribution in [3.8, 4) is 0 Å². The Hall–Kier alpha value is -1.61. The van der Waals surface area contributed by atoms with E-state index in [1.807, 2.05) is 0 Å². The Morgan fingerprint density at radius 1 is 0.893 bits per heavy atom. The van der Waals surface area contributed by atoms with Crippen LogP contribution in [0.15, 0.2) is 48.5 Å². The van der Waals surface area contributed by atoms with E-state index in [1.165, 1.54) is 22.3 Å². The summed E-state index contributed by atoms with van der Waals surface area (Å²) in [6.07, 6.45) is 6.21. The van der Waals surface area contributed by atoms with E-state index in [9.17, 15) is 5.11 Å². The van der Waals surface area contributed by atoms with E-state index < -0.39 is 5.60 Å². The van der Waals surface area contributed by atoms with Gasteiger partial charge in [0, 0.05) is 25.6 Å². The molecule has 1 fully saturated rings. The molecule has 1 aliphatic carbocycles. The van der Waals surface area contributed by atoms with E-state index in [4.69, 9.17) is 0 Å². The first-order chi connectivity index (χ1) is 12.9. The van der Waals surface area contributed by atoms with Gasteiger partial charge in [-0.2, -0.15) is 0 Å². The molecule has 0 bridgehead atoms. The van der Waals surface area contributed by atoms with Gasteiger partial charge in [-0.05, 0) is 40.5 Å². The smallest absolute Gasteiger partial charge is 0.0720 e. The number of hydrogen-bond donors (Lipinski definition) is 1. The van der Waals surface area contributed by atoms with Crippen LogP contribution in [0.25, 0.3) is 12.2 Å². The molecule has 0 spiro atoms. The van der Waals surface area contributed by atoms with Crippen LogP contribution in [-0.4, -0.2) is 35.2 Å². The molecule has 150 valence electrons. The molecule has 2 aromatic carbocycles. The van der Waals surface area contributed by atoms with Crippen LogP contribution in [0.5, 0.6) is 0 Å². The van der Waals surface area contributed by atoms with Crippen LogP contribution >= 0.6 is 12.4 Å². The Morgan fingerprint density at radius 2 is 1.36 bits per heavy atom. The van der Waals surface area contributed by atoms with Gasteiger partial charge in [0.2, 0.25) is 0 Å². The van der Waals surface area contributed by atoms with Crippen molar-refractivity contribution in [3.63, 3.8) is 0 Å². The number of likely N-dealkylation sites (tertiary alicyclic amines) is 1. The summed E-state index contributed by atoms with van der Waals surface area (Å²) >= 11 is 0. The molecule has 2 nitrogen and oxygen atoms in total. The third-order valence-corrected chi connectivity index (χ3v) is 6.71. The van der Waals surface area contributed by atoms with Crippen molar-refractivity contribution in [3.05, 3.63) is 70.8 Å². The van der Waals surface area contributed by atoms with Crippen molar-refractivity contribution in [2.24, 2.45) is 5.41 Å². The number of piperidine rings is 1. The molecule has 0 atom stereocenters. The van der Waals surface area contributed by atoms with Crippen molar-refractivity contribution in [2.75, 3.05) is 19.6 Å². The van der Waals surface area contributed by atoms with Gasteiger partial charge in [0.25, 0.3) is 0 Å². The zero-order valence-corrected chi connectivity index (χ0v) is 18.0. The van der Waals surface area contributed by atoms with Gasteiger partial charge in [-0.1, -0.05) is 81.5 Å². The molecule has 1 heterocycles. The van der Waals surface area contributed by atoms with Gasteiger partial charge in [0.15, 0.2) is 0 Å². The highest BCUT2D eigenvalue weighted by molar-refractivity contribution is 5.85. The number of nitrogens with zero attached hydrogens (tertiary/aromatic N) is 1. The largest absolute Gasteiger partial charge is 0.389 e. The van der Waals surface area contributed by atoms with Crippen LogP contribution in [0.1, 0.15) is 61.8 Å². The van der Waals surface area contributed by atoms with Crippen molar-refractivity contribution < 1.29 is 5.11 Å². The maximum Gasteiger partial charge on any atom is 0.0720 e. The lowest BCUT2D eigenvalue weighted by Crippen LogP contribution is -2.52. The van der Waals surface area contributed by atoms with Gasteiger partial charge in [0.05, 0.1) is 5.60 Å². The number of hydrogen-bond acceptors (Lipinski definition) is 2. The second-order valence-corrected chi connectivity index (χ2v) is 9.23. The van der Waals surface area contributed by atoms with Gasteiger partial charge in [-0.25, -0.2) is 0 Å². The first-order valence-corrected chi connectivity index (χ1v) is 10.2. The van der Waals surface area contributed by atoms with Gasteiger partial charge in [-0.3, -0.25) is 0 Å². The summed E-state index contributed by atoms with van der Waals surface area (Å²) in [5, 5.41) is 11.1. The Labute approximate surface area is 175 Å². The highest BCUT2D eigenvalue weighted by atomic mass is 35.5. The molecule has 0 radical (unpaired) electrons.